The lowest BCUT2D eigenvalue weighted by Gasteiger charge is -2.37. The zero-order valence-corrected chi connectivity index (χ0v) is 10.1. The first-order chi connectivity index (χ1) is 8.20. The Bertz CT molecular complexity index is 370. The van der Waals surface area contributed by atoms with Gasteiger partial charge in [0.2, 0.25) is 6.43 Å². The van der Waals surface area contributed by atoms with Crippen LogP contribution in [-0.2, 0) is 5.41 Å². The molecule has 2 rings (SSSR count). The fourth-order valence-electron chi connectivity index (χ4n) is 2.84. The van der Waals surface area contributed by atoms with Crippen LogP contribution in [0.1, 0.15) is 37.7 Å². The third kappa shape index (κ3) is 2.15. The van der Waals surface area contributed by atoms with Crippen molar-refractivity contribution in [3.63, 3.8) is 0 Å². The zero-order chi connectivity index (χ0) is 12.3. The molecule has 1 saturated carbocycles. The molecule has 0 aromatic heterocycles. The molecule has 0 bridgehead atoms. The molecule has 0 saturated heterocycles. The van der Waals surface area contributed by atoms with E-state index in [9.17, 15) is 8.78 Å². The van der Waals surface area contributed by atoms with E-state index in [0.29, 0.717) is 24.2 Å². The van der Waals surface area contributed by atoms with Gasteiger partial charge in [0, 0.05) is 5.56 Å². The largest absolute Gasteiger partial charge is 0.496 e. The molecule has 17 heavy (non-hydrogen) atoms. The van der Waals surface area contributed by atoms with E-state index < -0.39 is 11.8 Å². The van der Waals surface area contributed by atoms with Gasteiger partial charge in [-0.2, -0.15) is 0 Å². The number of hydrogen-bond donors (Lipinski definition) is 0. The van der Waals surface area contributed by atoms with Crippen LogP contribution >= 0.6 is 0 Å². The van der Waals surface area contributed by atoms with Crippen molar-refractivity contribution in [3.05, 3.63) is 29.8 Å². The second-order valence-electron chi connectivity index (χ2n) is 4.72. The molecule has 94 valence electrons. The minimum Gasteiger partial charge on any atom is -0.496 e. The summed E-state index contributed by atoms with van der Waals surface area (Å²) in [4.78, 5) is 0. The van der Waals surface area contributed by atoms with Gasteiger partial charge in [-0.05, 0) is 18.9 Å². The lowest BCUT2D eigenvalue weighted by Crippen LogP contribution is -2.37. The first kappa shape index (κ1) is 12.3. The number of methoxy groups -OCH3 is 1. The molecule has 1 fully saturated rings. The Balaban J connectivity index is 2.44. The molecule has 0 N–H and O–H groups in total. The van der Waals surface area contributed by atoms with Crippen LogP contribution in [0.15, 0.2) is 24.3 Å². The molecule has 1 aromatic rings. The van der Waals surface area contributed by atoms with E-state index in [1.54, 1.807) is 19.2 Å². The van der Waals surface area contributed by atoms with Crippen molar-refractivity contribution in [2.24, 2.45) is 0 Å². The Morgan fingerprint density at radius 3 is 2.35 bits per heavy atom. The van der Waals surface area contributed by atoms with Crippen LogP contribution in [0.25, 0.3) is 0 Å². The monoisotopic (exact) mass is 240 g/mol. The normalized spacial score (nSPS) is 19.3. The van der Waals surface area contributed by atoms with Crippen molar-refractivity contribution in [1.82, 2.24) is 0 Å². The molecule has 0 aliphatic heterocycles. The summed E-state index contributed by atoms with van der Waals surface area (Å²) in [6, 6.07) is 7.20. The van der Waals surface area contributed by atoms with Crippen LogP contribution in [0.2, 0.25) is 0 Å². The van der Waals surface area contributed by atoms with Crippen LogP contribution in [0.4, 0.5) is 8.78 Å². The highest BCUT2D eigenvalue weighted by molar-refractivity contribution is 5.40. The quantitative estimate of drug-likeness (QED) is 0.770. The summed E-state index contributed by atoms with van der Waals surface area (Å²) in [7, 11) is 1.54. The second kappa shape index (κ2) is 5.03. The minimum atomic E-state index is -2.32. The van der Waals surface area contributed by atoms with Crippen molar-refractivity contribution in [2.75, 3.05) is 7.11 Å². The number of rotatable bonds is 3. The van der Waals surface area contributed by atoms with Crippen molar-refractivity contribution < 1.29 is 13.5 Å². The van der Waals surface area contributed by atoms with Gasteiger partial charge in [0.25, 0.3) is 0 Å². The number of para-hydroxylation sites is 1. The Labute approximate surface area is 101 Å². The van der Waals surface area contributed by atoms with Gasteiger partial charge in [0.1, 0.15) is 5.75 Å². The van der Waals surface area contributed by atoms with Gasteiger partial charge >= 0.3 is 0 Å². The van der Waals surface area contributed by atoms with E-state index in [4.69, 9.17) is 4.74 Å². The minimum absolute atomic E-state index is 0.561. The molecule has 0 radical (unpaired) electrons. The first-order valence-electron chi connectivity index (χ1n) is 6.12. The summed E-state index contributed by atoms with van der Waals surface area (Å²) in [5.41, 5.74) is -0.317. The molecule has 0 heterocycles. The summed E-state index contributed by atoms with van der Waals surface area (Å²) in [5.74, 6) is 0.592. The van der Waals surface area contributed by atoms with E-state index in [2.05, 4.69) is 0 Å². The highest BCUT2D eigenvalue weighted by Crippen LogP contribution is 2.47. The van der Waals surface area contributed by atoms with Gasteiger partial charge in [-0.3, -0.25) is 0 Å². The third-order valence-corrected chi connectivity index (χ3v) is 3.81. The van der Waals surface area contributed by atoms with Crippen molar-refractivity contribution in [3.8, 4) is 5.75 Å². The topological polar surface area (TPSA) is 9.23 Å². The molecule has 1 nitrogen and oxygen atoms in total. The standard InChI is InChI=1S/C14H18F2O/c1-17-12-8-4-3-7-11(12)14(13(15)16)9-5-2-6-10-14/h3-4,7-8,13H,2,5-6,9-10H2,1H3. The maximum absolute atomic E-state index is 13.5. The lowest BCUT2D eigenvalue weighted by atomic mass is 9.69. The van der Waals surface area contributed by atoms with Gasteiger partial charge in [-0.25, -0.2) is 8.78 Å². The van der Waals surface area contributed by atoms with Crippen molar-refractivity contribution in [1.29, 1.82) is 0 Å². The number of hydrogen-bond acceptors (Lipinski definition) is 1. The van der Waals surface area contributed by atoms with E-state index in [0.717, 1.165) is 19.3 Å². The van der Waals surface area contributed by atoms with Gasteiger partial charge in [-0.1, -0.05) is 37.5 Å². The molecule has 0 unspecified atom stereocenters. The molecule has 0 amide bonds. The Hall–Kier alpha value is -1.12. The smallest absolute Gasteiger partial charge is 0.248 e. The van der Waals surface area contributed by atoms with Gasteiger partial charge in [-0.15, -0.1) is 0 Å². The second-order valence-corrected chi connectivity index (χ2v) is 4.72. The van der Waals surface area contributed by atoms with Crippen molar-refractivity contribution >= 4 is 0 Å². The lowest BCUT2D eigenvalue weighted by molar-refractivity contribution is 0.0240. The summed E-state index contributed by atoms with van der Waals surface area (Å²) in [6.45, 7) is 0. The van der Waals surface area contributed by atoms with E-state index in [-0.39, 0.29) is 0 Å². The summed E-state index contributed by atoms with van der Waals surface area (Å²) in [5, 5.41) is 0. The molecule has 1 aromatic carbocycles. The Morgan fingerprint density at radius 2 is 1.76 bits per heavy atom. The van der Waals surface area contributed by atoms with Crippen LogP contribution in [0, 0.1) is 0 Å². The first-order valence-corrected chi connectivity index (χ1v) is 6.12. The van der Waals surface area contributed by atoms with Gasteiger partial charge in [0.05, 0.1) is 12.5 Å². The predicted octanol–water partition coefficient (Wildman–Crippen LogP) is 4.16. The summed E-state index contributed by atoms with van der Waals surface area (Å²) < 4.78 is 32.3. The van der Waals surface area contributed by atoms with Gasteiger partial charge < -0.3 is 4.74 Å². The Kier molecular flexibility index (Phi) is 3.65. The van der Waals surface area contributed by atoms with E-state index in [1.165, 1.54) is 0 Å². The number of alkyl halides is 2. The van der Waals surface area contributed by atoms with Crippen LogP contribution < -0.4 is 4.74 Å². The average molecular weight is 240 g/mol. The Morgan fingerprint density at radius 1 is 1.12 bits per heavy atom. The van der Waals surface area contributed by atoms with Crippen LogP contribution in [0.3, 0.4) is 0 Å². The number of benzene rings is 1. The maximum Gasteiger partial charge on any atom is 0.248 e. The maximum atomic E-state index is 13.5. The van der Waals surface area contributed by atoms with Crippen molar-refractivity contribution in [2.45, 2.75) is 43.9 Å². The van der Waals surface area contributed by atoms with Crippen LogP contribution in [-0.4, -0.2) is 13.5 Å². The fourth-order valence-corrected chi connectivity index (χ4v) is 2.84. The van der Waals surface area contributed by atoms with Crippen LogP contribution in [0.5, 0.6) is 5.75 Å². The molecule has 0 spiro atoms. The average Bonchev–Trinajstić information content (AvgIpc) is 2.39. The molecule has 1 aliphatic rings. The SMILES string of the molecule is COc1ccccc1C1(C(F)F)CCCCC1. The summed E-state index contributed by atoms with van der Waals surface area (Å²) >= 11 is 0. The third-order valence-electron chi connectivity index (χ3n) is 3.81. The molecule has 0 atom stereocenters. The van der Waals surface area contributed by atoms with E-state index in [1.807, 2.05) is 12.1 Å². The highest BCUT2D eigenvalue weighted by Gasteiger charge is 2.44. The summed E-state index contributed by atoms with van der Waals surface area (Å²) in [6.07, 6.45) is 1.61. The predicted molar refractivity (Wildman–Crippen MR) is 63.8 cm³/mol. The van der Waals surface area contributed by atoms with E-state index >= 15 is 0 Å². The number of ether oxygens (including phenoxy) is 1. The zero-order valence-electron chi connectivity index (χ0n) is 10.1. The van der Waals surface area contributed by atoms with Gasteiger partial charge in [0.15, 0.2) is 0 Å². The molecular formula is C14H18F2O. The highest BCUT2D eigenvalue weighted by atomic mass is 19.3. The molecule has 1 aliphatic carbocycles. The molecule has 3 heteroatoms. The molecular weight excluding hydrogens is 222 g/mol. The fraction of sp³-hybridized carbons (Fsp3) is 0.571. The number of halogens is 2.